The van der Waals surface area contributed by atoms with Crippen molar-refractivity contribution in [3.8, 4) is 17.3 Å². The quantitative estimate of drug-likeness (QED) is 0.575. The summed E-state index contributed by atoms with van der Waals surface area (Å²) in [6.07, 6.45) is 3.18. The molecule has 25 heavy (non-hydrogen) atoms. The maximum Gasteiger partial charge on any atom is 0.270 e. The van der Waals surface area contributed by atoms with Crippen molar-refractivity contribution in [2.75, 3.05) is 7.11 Å². The van der Waals surface area contributed by atoms with Gasteiger partial charge in [-0.15, -0.1) is 0 Å². The summed E-state index contributed by atoms with van der Waals surface area (Å²) < 4.78 is 8.30. The number of aromatic nitrogens is 5. The minimum Gasteiger partial charge on any atom is -0.497 e. The molecule has 0 atom stereocenters. The Morgan fingerprint density at radius 2 is 1.88 bits per heavy atom. The van der Waals surface area contributed by atoms with E-state index in [0.29, 0.717) is 22.7 Å². The van der Waals surface area contributed by atoms with E-state index in [1.807, 2.05) is 30.3 Å². The van der Waals surface area contributed by atoms with Crippen molar-refractivity contribution >= 4 is 11.0 Å². The summed E-state index contributed by atoms with van der Waals surface area (Å²) in [5.41, 5.74) is 1.12. The second-order valence-electron chi connectivity index (χ2n) is 5.48. The number of methoxy groups -OCH3 is 1. The largest absolute Gasteiger partial charge is 0.497 e. The van der Waals surface area contributed by atoms with Crippen molar-refractivity contribution in [2.45, 2.75) is 6.92 Å². The smallest absolute Gasteiger partial charge is 0.270 e. The lowest BCUT2D eigenvalue weighted by Gasteiger charge is -2.09. The minimum atomic E-state index is -0.194. The first-order valence-corrected chi connectivity index (χ1v) is 7.72. The molecule has 0 saturated heterocycles. The van der Waals surface area contributed by atoms with E-state index in [4.69, 9.17) is 4.74 Å². The van der Waals surface area contributed by atoms with Crippen molar-refractivity contribution in [3.63, 3.8) is 0 Å². The minimum absolute atomic E-state index is 0.194. The van der Waals surface area contributed by atoms with Gasteiger partial charge in [-0.25, -0.2) is 19.2 Å². The Balaban J connectivity index is 1.92. The van der Waals surface area contributed by atoms with Gasteiger partial charge in [0.25, 0.3) is 5.56 Å². The van der Waals surface area contributed by atoms with E-state index in [-0.39, 0.29) is 5.56 Å². The molecule has 1 aromatic carbocycles. The molecular formula is C18H15N5O2. The van der Waals surface area contributed by atoms with Gasteiger partial charge < -0.3 is 4.74 Å². The lowest BCUT2D eigenvalue weighted by atomic mass is 10.3. The van der Waals surface area contributed by atoms with Gasteiger partial charge >= 0.3 is 0 Å². The first-order chi connectivity index (χ1) is 12.2. The van der Waals surface area contributed by atoms with E-state index in [1.165, 1.54) is 10.8 Å². The molecule has 0 fully saturated rings. The van der Waals surface area contributed by atoms with Crippen molar-refractivity contribution in [3.05, 3.63) is 71.0 Å². The van der Waals surface area contributed by atoms with Gasteiger partial charge in [0.2, 0.25) is 0 Å². The standard InChI is InChI=1S/C18H15N5O2/c1-12-21-17-15(18(24)22(12)16-5-3-4-10-19-16)11-20-23(17)13-6-8-14(25-2)9-7-13/h3-11H,1-2H3. The van der Waals surface area contributed by atoms with Crippen LogP contribution in [0.25, 0.3) is 22.5 Å². The summed E-state index contributed by atoms with van der Waals surface area (Å²) in [6.45, 7) is 1.78. The molecule has 0 amide bonds. The van der Waals surface area contributed by atoms with Crippen LogP contribution in [0.3, 0.4) is 0 Å². The fourth-order valence-corrected chi connectivity index (χ4v) is 2.74. The van der Waals surface area contributed by atoms with Crippen molar-refractivity contribution < 1.29 is 4.74 Å². The molecule has 3 aromatic heterocycles. The average Bonchev–Trinajstić information content (AvgIpc) is 3.07. The second-order valence-corrected chi connectivity index (χ2v) is 5.48. The van der Waals surface area contributed by atoms with Crippen LogP contribution in [-0.2, 0) is 0 Å². The predicted octanol–water partition coefficient (Wildman–Crippen LogP) is 2.28. The topological polar surface area (TPSA) is 74.8 Å². The molecule has 0 aliphatic heterocycles. The molecule has 7 nitrogen and oxygen atoms in total. The molecule has 124 valence electrons. The molecule has 0 N–H and O–H groups in total. The molecule has 4 aromatic rings. The Morgan fingerprint density at radius 3 is 2.56 bits per heavy atom. The SMILES string of the molecule is COc1ccc(-n2ncc3c(=O)n(-c4ccccn4)c(C)nc32)cc1. The molecule has 7 heteroatoms. The summed E-state index contributed by atoms with van der Waals surface area (Å²) in [5.74, 6) is 1.84. The number of nitrogens with zero attached hydrogens (tertiary/aromatic N) is 5. The van der Waals surface area contributed by atoms with Crippen molar-refractivity contribution in [1.29, 1.82) is 0 Å². The molecule has 0 bridgehead atoms. The highest BCUT2D eigenvalue weighted by Gasteiger charge is 2.15. The maximum absolute atomic E-state index is 12.9. The van der Waals surface area contributed by atoms with Gasteiger partial charge in [0, 0.05) is 6.20 Å². The molecule has 0 aliphatic rings. The lowest BCUT2D eigenvalue weighted by Crippen LogP contribution is -2.23. The summed E-state index contributed by atoms with van der Waals surface area (Å²) in [5, 5.41) is 4.77. The van der Waals surface area contributed by atoms with Crippen LogP contribution in [0.5, 0.6) is 5.75 Å². The highest BCUT2D eigenvalue weighted by molar-refractivity contribution is 5.75. The Labute approximate surface area is 143 Å². The van der Waals surface area contributed by atoms with Gasteiger partial charge in [0.1, 0.15) is 22.8 Å². The van der Waals surface area contributed by atoms with Gasteiger partial charge in [-0.05, 0) is 43.3 Å². The third kappa shape index (κ3) is 2.46. The number of benzene rings is 1. The zero-order chi connectivity index (χ0) is 17.4. The number of pyridine rings is 1. The van der Waals surface area contributed by atoms with Crippen LogP contribution in [0.2, 0.25) is 0 Å². The fraction of sp³-hybridized carbons (Fsp3) is 0.111. The second kappa shape index (κ2) is 5.86. The van der Waals surface area contributed by atoms with Gasteiger partial charge in [-0.3, -0.25) is 4.79 Å². The van der Waals surface area contributed by atoms with Crippen LogP contribution in [0.4, 0.5) is 0 Å². The highest BCUT2D eigenvalue weighted by atomic mass is 16.5. The lowest BCUT2D eigenvalue weighted by molar-refractivity contribution is 0.414. The Hall–Kier alpha value is -3.48. The van der Waals surface area contributed by atoms with Crippen LogP contribution in [0, 0.1) is 6.92 Å². The molecule has 4 rings (SSSR count). The van der Waals surface area contributed by atoms with Gasteiger partial charge in [-0.2, -0.15) is 5.10 Å². The van der Waals surface area contributed by atoms with E-state index >= 15 is 0 Å². The number of hydrogen-bond acceptors (Lipinski definition) is 5. The summed E-state index contributed by atoms with van der Waals surface area (Å²) in [7, 11) is 1.61. The molecule has 0 saturated carbocycles. The zero-order valence-electron chi connectivity index (χ0n) is 13.7. The summed E-state index contributed by atoms with van der Waals surface area (Å²) in [4.78, 5) is 21.7. The number of hydrogen-bond donors (Lipinski definition) is 0. The van der Waals surface area contributed by atoms with Crippen LogP contribution >= 0.6 is 0 Å². The fourth-order valence-electron chi connectivity index (χ4n) is 2.74. The molecular weight excluding hydrogens is 318 g/mol. The maximum atomic E-state index is 12.9. The molecule has 0 radical (unpaired) electrons. The van der Waals surface area contributed by atoms with Crippen LogP contribution in [0.1, 0.15) is 5.82 Å². The molecule has 0 aliphatic carbocycles. The predicted molar refractivity (Wildman–Crippen MR) is 93.5 cm³/mol. The van der Waals surface area contributed by atoms with Crippen LogP contribution in [-0.4, -0.2) is 31.4 Å². The third-order valence-electron chi connectivity index (χ3n) is 3.96. The van der Waals surface area contributed by atoms with Gasteiger partial charge in [0.15, 0.2) is 5.65 Å². The molecule has 0 spiro atoms. The van der Waals surface area contributed by atoms with E-state index in [0.717, 1.165) is 11.4 Å². The van der Waals surface area contributed by atoms with E-state index in [9.17, 15) is 4.79 Å². The number of ether oxygens (including phenoxy) is 1. The van der Waals surface area contributed by atoms with Crippen LogP contribution < -0.4 is 10.3 Å². The monoisotopic (exact) mass is 333 g/mol. The first kappa shape index (κ1) is 15.1. The van der Waals surface area contributed by atoms with Gasteiger partial charge in [-0.1, -0.05) is 6.07 Å². The Bertz CT molecular complexity index is 1100. The summed E-state index contributed by atoms with van der Waals surface area (Å²) in [6, 6.07) is 12.8. The van der Waals surface area contributed by atoms with E-state index in [1.54, 1.807) is 37.0 Å². The van der Waals surface area contributed by atoms with Crippen molar-refractivity contribution in [1.82, 2.24) is 24.3 Å². The number of rotatable bonds is 3. The van der Waals surface area contributed by atoms with Gasteiger partial charge in [0.05, 0.1) is 19.0 Å². The number of fused-ring (bicyclic) bond motifs is 1. The average molecular weight is 333 g/mol. The molecule has 0 unspecified atom stereocenters. The van der Waals surface area contributed by atoms with Crippen molar-refractivity contribution in [2.24, 2.45) is 0 Å². The summed E-state index contributed by atoms with van der Waals surface area (Å²) >= 11 is 0. The Morgan fingerprint density at radius 1 is 1.08 bits per heavy atom. The Kier molecular flexibility index (Phi) is 3.53. The number of aryl methyl sites for hydroxylation is 1. The first-order valence-electron chi connectivity index (χ1n) is 7.72. The van der Waals surface area contributed by atoms with E-state index in [2.05, 4.69) is 15.1 Å². The van der Waals surface area contributed by atoms with E-state index < -0.39 is 0 Å². The van der Waals surface area contributed by atoms with Crippen LogP contribution in [0.15, 0.2) is 59.7 Å². The highest BCUT2D eigenvalue weighted by Crippen LogP contribution is 2.18. The molecule has 3 heterocycles. The zero-order valence-corrected chi connectivity index (χ0v) is 13.7. The normalized spacial score (nSPS) is 11.0. The third-order valence-corrected chi connectivity index (χ3v) is 3.96.